The van der Waals surface area contributed by atoms with E-state index in [1.807, 2.05) is 0 Å². The Labute approximate surface area is 66.0 Å². The molecule has 0 amide bonds. The summed E-state index contributed by atoms with van der Waals surface area (Å²) in [5.74, 6) is 0.243. The Hall–Kier alpha value is -0.890. The second-order valence-electron chi connectivity index (χ2n) is 3.00. The van der Waals surface area contributed by atoms with Gasteiger partial charge in [0.2, 0.25) is 0 Å². The first kappa shape index (κ1) is 6.80. The fourth-order valence-electron chi connectivity index (χ4n) is 1.57. The van der Waals surface area contributed by atoms with Crippen molar-refractivity contribution in [3.8, 4) is 0 Å². The lowest BCUT2D eigenvalue weighted by Crippen LogP contribution is -2.27. The zero-order valence-corrected chi connectivity index (χ0v) is 6.39. The van der Waals surface area contributed by atoms with Gasteiger partial charge in [-0.15, -0.1) is 0 Å². The van der Waals surface area contributed by atoms with Gasteiger partial charge in [0.05, 0.1) is 0 Å². The second-order valence-corrected chi connectivity index (χ2v) is 3.00. The molecule has 11 heavy (non-hydrogen) atoms. The number of ketones is 1. The fraction of sp³-hybridized carbons (Fsp3) is 0.444. The number of allylic oxidation sites excluding steroid dienone is 2. The molecule has 2 rings (SSSR count). The number of fused-ring (bicyclic) bond motifs is 1. The normalized spacial score (nSPS) is 23.8. The van der Waals surface area contributed by atoms with Crippen LogP contribution in [0.4, 0.5) is 0 Å². The van der Waals surface area contributed by atoms with E-state index in [-0.39, 0.29) is 5.78 Å². The Kier molecular flexibility index (Phi) is 1.62. The van der Waals surface area contributed by atoms with Gasteiger partial charge >= 0.3 is 0 Å². The number of carbonyl (C=O) groups is 1. The first-order valence-electron chi connectivity index (χ1n) is 4.00. The summed E-state index contributed by atoms with van der Waals surface area (Å²) in [7, 11) is 0. The Balaban J connectivity index is 2.26. The summed E-state index contributed by atoms with van der Waals surface area (Å²) in [6.07, 6.45) is 5.54. The molecule has 2 heteroatoms. The Bertz CT molecular complexity index is 250. The molecule has 0 saturated carbocycles. The summed E-state index contributed by atoms with van der Waals surface area (Å²) < 4.78 is 0. The third kappa shape index (κ3) is 1.26. The van der Waals surface area contributed by atoms with E-state index in [1.54, 1.807) is 6.08 Å². The predicted molar refractivity (Wildman–Crippen MR) is 43.3 cm³/mol. The Morgan fingerprint density at radius 1 is 1.36 bits per heavy atom. The minimum absolute atomic E-state index is 0.243. The van der Waals surface area contributed by atoms with Gasteiger partial charge in [0.15, 0.2) is 5.78 Å². The molecule has 0 atom stereocenters. The topological polar surface area (TPSA) is 29.1 Å². The number of rotatable bonds is 0. The Morgan fingerprint density at radius 2 is 2.27 bits per heavy atom. The smallest absolute Gasteiger partial charge is 0.159 e. The average Bonchev–Trinajstić information content (AvgIpc) is 2.04. The highest BCUT2D eigenvalue weighted by atomic mass is 16.1. The lowest BCUT2D eigenvalue weighted by Gasteiger charge is -2.21. The molecule has 58 valence electrons. The van der Waals surface area contributed by atoms with Crippen LogP contribution in [0.3, 0.4) is 0 Å². The van der Waals surface area contributed by atoms with Crippen LogP contribution in [-0.2, 0) is 4.79 Å². The zero-order chi connectivity index (χ0) is 7.68. The lowest BCUT2D eigenvalue weighted by molar-refractivity contribution is -0.114. The first-order valence-corrected chi connectivity index (χ1v) is 4.00. The molecule has 0 aromatic heterocycles. The maximum absolute atomic E-state index is 11.0. The molecule has 0 unspecified atom stereocenters. The van der Waals surface area contributed by atoms with Crippen LogP contribution in [0.25, 0.3) is 0 Å². The van der Waals surface area contributed by atoms with Crippen molar-refractivity contribution in [1.29, 1.82) is 0 Å². The molecule has 1 aliphatic heterocycles. The van der Waals surface area contributed by atoms with Gasteiger partial charge in [-0.2, -0.15) is 0 Å². The van der Waals surface area contributed by atoms with Crippen LogP contribution in [0.15, 0.2) is 23.3 Å². The monoisotopic (exact) mass is 149 g/mol. The van der Waals surface area contributed by atoms with Crippen LogP contribution in [0.1, 0.15) is 12.8 Å². The molecular formula is C9H11NO. The lowest BCUT2D eigenvalue weighted by atomic mass is 9.92. The maximum atomic E-state index is 11.0. The fourth-order valence-corrected chi connectivity index (χ4v) is 1.57. The molecule has 1 aliphatic carbocycles. The molecule has 0 radical (unpaired) electrons. The van der Waals surface area contributed by atoms with Crippen molar-refractivity contribution >= 4 is 5.78 Å². The molecule has 0 bridgehead atoms. The van der Waals surface area contributed by atoms with Crippen LogP contribution in [0, 0.1) is 0 Å². The standard InChI is InChI=1S/C9H11NO/c11-9-2-1-7-3-4-10-6-8(7)5-9/h1,5,10H,2-4,6H2. The molecule has 1 N–H and O–H groups in total. The molecule has 0 aromatic rings. The molecule has 2 aliphatic rings. The highest BCUT2D eigenvalue weighted by molar-refractivity contribution is 5.93. The van der Waals surface area contributed by atoms with Crippen molar-refractivity contribution in [3.05, 3.63) is 23.3 Å². The zero-order valence-electron chi connectivity index (χ0n) is 6.39. The van der Waals surface area contributed by atoms with Gasteiger partial charge < -0.3 is 5.32 Å². The number of carbonyl (C=O) groups excluding carboxylic acids is 1. The van der Waals surface area contributed by atoms with Crippen molar-refractivity contribution in [2.24, 2.45) is 0 Å². The van der Waals surface area contributed by atoms with E-state index in [2.05, 4.69) is 11.4 Å². The van der Waals surface area contributed by atoms with Gasteiger partial charge in [0.25, 0.3) is 0 Å². The van der Waals surface area contributed by atoms with Crippen molar-refractivity contribution in [2.75, 3.05) is 13.1 Å². The van der Waals surface area contributed by atoms with E-state index in [0.717, 1.165) is 19.5 Å². The average molecular weight is 149 g/mol. The maximum Gasteiger partial charge on any atom is 0.159 e. The van der Waals surface area contributed by atoms with Gasteiger partial charge in [-0.25, -0.2) is 0 Å². The largest absolute Gasteiger partial charge is 0.312 e. The van der Waals surface area contributed by atoms with Crippen LogP contribution in [0.2, 0.25) is 0 Å². The van der Waals surface area contributed by atoms with E-state index in [9.17, 15) is 4.79 Å². The SMILES string of the molecule is O=C1C=C2CNCCC2=CC1. The van der Waals surface area contributed by atoms with Crippen molar-refractivity contribution in [1.82, 2.24) is 5.32 Å². The second kappa shape index (κ2) is 2.62. The van der Waals surface area contributed by atoms with E-state index < -0.39 is 0 Å². The summed E-state index contributed by atoms with van der Waals surface area (Å²) >= 11 is 0. The van der Waals surface area contributed by atoms with E-state index in [0.29, 0.717) is 6.42 Å². The minimum Gasteiger partial charge on any atom is -0.312 e. The van der Waals surface area contributed by atoms with Gasteiger partial charge in [-0.3, -0.25) is 4.79 Å². The molecule has 1 heterocycles. The molecule has 0 spiro atoms. The number of hydrogen-bond acceptors (Lipinski definition) is 2. The van der Waals surface area contributed by atoms with Gasteiger partial charge in [-0.1, -0.05) is 6.08 Å². The van der Waals surface area contributed by atoms with Gasteiger partial charge in [0.1, 0.15) is 0 Å². The third-order valence-electron chi connectivity index (χ3n) is 2.18. The number of piperidine rings is 1. The minimum atomic E-state index is 0.243. The molecule has 0 aromatic carbocycles. The summed E-state index contributed by atoms with van der Waals surface area (Å²) in [5.41, 5.74) is 2.58. The molecule has 2 nitrogen and oxygen atoms in total. The molecular weight excluding hydrogens is 138 g/mol. The summed E-state index contributed by atoms with van der Waals surface area (Å²) in [6.45, 7) is 1.93. The number of nitrogens with one attached hydrogen (secondary N) is 1. The summed E-state index contributed by atoms with van der Waals surface area (Å²) in [6, 6.07) is 0. The first-order chi connectivity index (χ1) is 5.36. The van der Waals surface area contributed by atoms with Crippen LogP contribution < -0.4 is 5.32 Å². The van der Waals surface area contributed by atoms with Gasteiger partial charge in [-0.05, 0) is 30.2 Å². The predicted octanol–water partition coefficient (Wildman–Crippen LogP) is 0.805. The summed E-state index contributed by atoms with van der Waals surface area (Å²) in [4.78, 5) is 11.0. The third-order valence-corrected chi connectivity index (χ3v) is 2.18. The Morgan fingerprint density at radius 3 is 3.18 bits per heavy atom. The van der Waals surface area contributed by atoms with Crippen molar-refractivity contribution < 1.29 is 4.79 Å². The van der Waals surface area contributed by atoms with Crippen molar-refractivity contribution in [3.63, 3.8) is 0 Å². The molecule has 1 fully saturated rings. The quantitative estimate of drug-likeness (QED) is 0.552. The van der Waals surface area contributed by atoms with E-state index >= 15 is 0 Å². The molecule has 1 saturated heterocycles. The van der Waals surface area contributed by atoms with Crippen LogP contribution in [-0.4, -0.2) is 18.9 Å². The highest BCUT2D eigenvalue weighted by Gasteiger charge is 2.15. The van der Waals surface area contributed by atoms with Crippen LogP contribution in [0.5, 0.6) is 0 Å². The highest BCUT2D eigenvalue weighted by Crippen LogP contribution is 2.21. The van der Waals surface area contributed by atoms with E-state index in [4.69, 9.17) is 0 Å². The van der Waals surface area contributed by atoms with Crippen LogP contribution >= 0.6 is 0 Å². The van der Waals surface area contributed by atoms with Gasteiger partial charge in [0, 0.05) is 13.0 Å². The van der Waals surface area contributed by atoms with Crippen molar-refractivity contribution in [2.45, 2.75) is 12.8 Å². The number of hydrogen-bond donors (Lipinski definition) is 1. The summed E-state index contributed by atoms with van der Waals surface area (Å²) in [5, 5.41) is 3.24. The van der Waals surface area contributed by atoms with E-state index in [1.165, 1.54) is 11.1 Å².